The highest BCUT2D eigenvalue weighted by atomic mass is 32.2. The van der Waals surface area contributed by atoms with E-state index in [9.17, 15) is 26.4 Å². The van der Waals surface area contributed by atoms with Crippen LogP contribution >= 0.6 is 0 Å². The lowest BCUT2D eigenvalue weighted by atomic mass is 10.1. The lowest BCUT2D eigenvalue weighted by Gasteiger charge is -2.22. The second-order valence-electron chi connectivity index (χ2n) is 8.42. The number of nitrogens with zero attached hydrogens (tertiary/aromatic N) is 2. The van der Waals surface area contributed by atoms with Crippen molar-refractivity contribution >= 4 is 32.5 Å². The average molecular weight is 557 g/mol. The van der Waals surface area contributed by atoms with Gasteiger partial charge in [-0.15, -0.1) is 0 Å². The molecule has 0 spiro atoms. The van der Waals surface area contributed by atoms with Gasteiger partial charge in [-0.25, -0.2) is 18.5 Å². The number of primary sulfonamides is 1. The number of pyridine rings is 2. The fraction of sp³-hybridized carbons (Fsp3) is 0.111. The van der Waals surface area contributed by atoms with Crippen LogP contribution in [0.4, 0.5) is 13.2 Å². The smallest absolute Gasteiger partial charge is 0.433 e. The SMILES string of the molecule is C=C(NCc1c(C(=C)OC)n(-c2ccccc2)c2nc(C(F)(F)F)ccc2c1=O)c1ccc(S(N)(=O)=O)cc1. The molecule has 3 N–H and O–H groups in total. The van der Waals surface area contributed by atoms with Crippen LogP contribution in [-0.2, 0) is 27.5 Å². The molecule has 2 heterocycles. The van der Waals surface area contributed by atoms with Gasteiger partial charge in [-0.1, -0.05) is 43.5 Å². The monoisotopic (exact) mass is 556 g/mol. The first-order valence-electron chi connectivity index (χ1n) is 11.3. The predicted molar refractivity (Wildman–Crippen MR) is 142 cm³/mol. The topological polar surface area (TPSA) is 116 Å². The number of benzene rings is 2. The van der Waals surface area contributed by atoms with Crippen LogP contribution in [0, 0.1) is 0 Å². The number of aromatic nitrogens is 2. The van der Waals surface area contributed by atoms with Crippen LogP contribution in [0.1, 0.15) is 22.5 Å². The molecule has 0 saturated heterocycles. The van der Waals surface area contributed by atoms with Gasteiger partial charge in [-0.3, -0.25) is 9.36 Å². The number of methoxy groups -OCH3 is 1. The largest absolute Gasteiger partial charge is 0.495 e. The Labute approximate surface area is 221 Å². The van der Waals surface area contributed by atoms with Gasteiger partial charge in [0.05, 0.1) is 23.1 Å². The summed E-state index contributed by atoms with van der Waals surface area (Å²) in [7, 11) is -2.55. The van der Waals surface area contributed by atoms with Crippen molar-refractivity contribution in [3.8, 4) is 5.69 Å². The zero-order valence-electron chi connectivity index (χ0n) is 20.6. The van der Waals surface area contributed by atoms with Crippen LogP contribution < -0.4 is 15.9 Å². The van der Waals surface area contributed by atoms with Gasteiger partial charge in [0, 0.05) is 23.5 Å². The quantitative estimate of drug-likeness (QED) is 0.310. The van der Waals surface area contributed by atoms with Crippen molar-refractivity contribution in [2.45, 2.75) is 17.6 Å². The molecule has 0 aliphatic heterocycles. The molecule has 8 nitrogen and oxygen atoms in total. The first-order chi connectivity index (χ1) is 18.3. The van der Waals surface area contributed by atoms with E-state index in [1.54, 1.807) is 30.3 Å². The third-order valence-corrected chi connectivity index (χ3v) is 6.87. The van der Waals surface area contributed by atoms with E-state index < -0.39 is 27.3 Å². The molecule has 0 fully saturated rings. The molecular weight excluding hydrogens is 533 g/mol. The molecule has 0 unspecified atom stereocenters. The molecule has 0 aliphatic rings. The first-order valence-corrected chi connectivity index (χ1v) is 12.9. The third kappa shape index (κ3) is 5.56. The fourth-order valence-electron chi connectivity index (χ4n) is 3.99. The van der Waals surface area contributed by atoms with Crippen molar-refractivity contribution in [2.75, 3.05) is 7.11 Å². The zero-order valence-corrected chi connectivity index (χ0v) is 21.4. The lowest BCUT2D eigenvalue weighted by Crippen LogP contribution is -2.26. The number of ether oxygens (including phenoxy) is 1. The van der Waals surface area contributed by atoms with E-state index in [0.29, 0.717) is 16.9 Å². The average Bonchev–Trinajstić information content (AvgIpc) is 2.91. The highest BCUT2D eigenvalue weighted by molar-refractivity contribution is 7.89. The Kier molecular flexibility index (Phi) is 7.35. The normalized spacial score (nSPS) is 11.8. The van der Waals surface area contributed by atoms with Gasteiger partial charge < -0.3 is 10.1 Å². The van der Waals surface area contributed by atoms with Crippen molar-refractivity contribution in [2.24, 2.45) is 5.14 Å². The predicted octanol–water partition coefficient (Wildman–Crippen LogP) is 4.43. The number of rotatable bonds is 8. The number of alkyl halides is 3. The minimum atomic E-state index is -4.74. The fourth-order valence-corrected chi connectivity index (χ4v) is 4.51. The number of hydrogen-bond acceptors (Lipinski definition) is 6. The number of sulfonamides is 1. The lowest BCUT2D eigenvalue weighted by molar-refractivity contribution is -0.141. The summed E-state index contributed by atoms with van der Waals surface area (Å²) in [5.74, 6) is 0.0250. The van der Waals surface area contributed by atoms with Gasteiger partial charge in [0.2, 0.25) is 10.0 Å². The van der Waals surface area contributed by atoms with Crippen LogP contribution in [0.2, 0.25) is 0 Å². The number of hydrogen-bond donors (Lipinski definition) is 2. The molecule has 0 atom stereocenters. The van der Waals surface area contributed by atoms with Gasteiger partial charge in [0.1, 0.15) is 17.1 Å². The van der Waals surface area contributed by atoms with Gasteiger partial charge >= 0.3 is 6.18 Å². The standard InChI is InChI=1S/C27H23F3N4O4S/c1-16(18-9-11-20(12-10-18)39(31,36)37)32-15-22-24(17(2)38-3)34(19-7-5-4-6-8-19)26-21(25(22)35)13-14-23(33-26)27(28,29)30/h4-14,32H,1-2,15H2,3H3,(H2,31,36,37). The maximum absolute atomic E-state index is 13.6. The van der Waals surface area contributed by atoms with E-state index in [0.717, 1.165) is 12.1 Å². The molecule has 0 bridgehead atoms. The summed E-state index contributed by atoms with van der Waals surface area (Å²) >= 11 is 0. The molecular formula is C27H23F3N4O4S. The van der Waals surface area contributed by atoms with E-state index >= 15 is 0 Å². The Morgan fingerprint density at radius 2 is 1.69 bits per heavy atom. The van der Waals surface area contributed by atoms with Gasteiger partial charge in [0.25, 0.3) is 0 Å². The Bertz CT molecular complexity index is 1750. The zero-order chi connectivity index (χ0) is 28.5. The molecule has 39 heavy (non-hydrogen) atoms. The highest BCUT2D eigenvalue weighted by Gasteiger charge is 2.33. The minimum Gasteiger partial charge on any atom is -0.495 e. The first kappa shape index (κ1) is 27.6. The molecule has 0 saturated carbocycles. The molecule has 0 radical (unpaired) electrons. The molecule has 2 aromatic carbocycles. The number of halogens is 3. The Morgan fingerprint density at radius 1 is 1.05 bits per heavy atom. The molecule has 0 amide bonds. The maximum Gasteiger partial charge on any atom is 0.433 e. The summed E-state index contributed by atoms with van der Waals surface area (Å²) in [6, 6.07) is 15.9. The number of nitrogens with one attached hydrogen (secondary N) is 1. The molecule has 0 aliphatic carbocycles. The van der Waals surface area contributed by atoms with E-state index in [-0.39, 0.29) is 39.5 Å². The Balaban J connectivity index is 1.89. The summed E-state index contributed by atoms with van der Waals surface area (Å²) in [4.78, 5) is 17.4. The Hall–Kier alpha value is -4.42. The van der Waals surface area contributed by atoms with Crippen LogP contribution in [0.5, 0.6) is 0 Å². The molecule has 2 aromatic heterocycles. The van der Waals surface area contributed by atoms with Crippen molar-refractivity contribution in [1.82, 2.24) is 14.9 Å². The van der Waals surface area contributed by atoms with E-state index in [4.69, 9.17) is 9.88 Å². The summed E-state index contributed by atoms with van der Waals surface area (Å²) in [5, 5.41) is 8.13. The summed E-state index contributed by atoms with van der Waals surface area (Å²) < 4.78 is 70.5. The molecule has 4 rings (SSSR count). The summed E-state index contributed by atoms with van der Waals surface area (Å²) in [5.41, 5.74) is -0.375. The van der Waals surface area contributed by atoms with E-state index in [1.165, 1.54) is 35.9 Å². The Morgan fingerprint density at radius 3 is 2.26 bits per heavy atom. The van der Waals surface area contributed by atoms with E-state index in [2.05, 4.69) is 23.5 Å². The van der Waals surface area contributed by atoms with Crippen LogP contribution in [-0.4, -0.2) is 25.1 Å². The van der Waals surface area contributed by atoms with Crippen molar-refractivity contribution < 1.29 is 26.3 Å². The maximum atomic E-state index is 13.6. The third-order valence-electron chi connectivity index (χ3n) is 5.94. The highest BCUT2D eigenvalue weighted by Crippen LogP contribution is 2.31. The van der Waals surface area contributed by atoms with Gasteiger partial charge in [-0.05, 0) is 42.0 Å². The van der Waals surface area contributed by atoms with Crippen LogP contribution in [0.15, 0.2) is 89.6 Å². The molecule has 202 valence electrons. The van der Waals surface area contributed by atoms with Crippen molar-refractivity contribution in [3.63, 3.8) is 0 Å². The second kappa shape index (κ2) is 10.4. The van der Waals surface area contributed by atoms with Gasteiger partial charge in [-0.2, -0.15) is 13.2 Å². The minimum absolute atomic E-state index is 0.0250. The number of fused-ring (bicyclic) bond motifs is 1. The number of para-hydroxylation sites is 1. The van der Waals surface area contributed by atoms with E-state index in [1.807, 2.05) is 0 Å². The van der Waals surface area contributed by atoms with Crippen LogP contribution in [0.3, 0.4) is 0 Å². The van der Waals surface area contributed by atoms with Crippen LogP contribution in [0.25, 0.3) is 28.2 Å². The summed E-state index contributed by atoms with van der Waals surface area (Å²) in [6.07, 6.45) is -4.74. The van der Waals surface area contributed by atoms with Crippen molar-refractivity contribution in [3.05, 3.63) is 113 Å². The number of nitrogens with two attached hydrogens (primary N) is 1. The van der Waals surface area contributed by atoms with Gasteiger partial charge in [0.15, 0.2) is 5.43 Å². The van der Waals surface area contributed by atoms with Crippen molar-refractivity contribution in [1.29, 1.82) is 0 Å². The molecule has 12 heteroatoms. The second-order valence-corrected chi connectivity index (χ2v) is 9.98. The molecule has 4 aromatic rings. The summed E-state index contributed by atoms with van der Waals surface area (Å²) in [6.45, 7) is 7.71.